The molecule has 2 rings (SSSR count). The number of hydrogen-bond acceptors (Lipinski definition) is 3. The van der Waals surface area contributed by atoms with Crippen LogP contribution in [0.4, 0.5) is 0 Å². The molecule has 1 aromatic rings. The second kappa shape index (κ2) is 8.77. The fraction of sp³-hybridized carbons (Fsp3) is 0.556. The molecule has 0 unspecified atom stereocenters. The monoisotopic (exact) mass is 386 g/mol. The van der Waals surface area contributed by atoms with Gasteiger partial charge in [-0.25, -0.2) is 0 Å². The Kier molecular flexibility index (Phi) is 6.96. The molecule has 0 aliphatic carbocycles. The van der Waals surface area contributed by atoms with Gasteiger partial charge in [-0.3, -0.25) is 9.59 Å². The summed E-state index contributed by atoms with van der Waals surface area (Å²) < 4.78 is 0. The lowest BCUT2D eigenvalue weighted by molar-refractivity contribution is -0.133. The van der Waals surface area contributed by atoms with E-state index in [-0.39, 0.29) is 22.2 Å². The fourth-order valence-corrected chi connectivity index (χ4v) is 3.43. The van der Waals surface area contributed by atoms with E-state index in [0.717, 1.165) is 25.9 Å². The fourth-order valence-electron chi connectivity index (χ4n) is 2.94. The van der Waals surface area contributed by atoms with E-state index in [1.807, 2.05) is 18.7 Å². The van der Waals surface area contributed by atoms with Crippen LogP contribution >= 0.6 is 23.2 Å². The number of nitrogens with zero attached hydrogens (tertiary/aromatic N) is 1. The van der Waals surface area contributed by atoms with E-state index in [9.17, 15) is 14.7 Å². The summed E-state index contributed by atoms with van der Waals surface area (Å²) in [5, 5.41) is 13.1. The number of benzene rings is 1. The molecule has 2 amide bonds. The number of likely N-dealkylation sites (tertiary alicyclic amines) is 1. The number of nitrogens with one attached hydrogen (secondary N) is 1. The highest BCUT2D eigenvalue weighted by atomic mass is 35.5. The summed E-state index contributed by atoms with van der Waals surface area (Å²) in [6.07, 6.45) is 2.29. The first-order chi connectivity index (χ1) is 11.8. The van der Waals surface area contributed by atoms with Gasteiger partial charge in [-0.15, -0.1) is 0 Å². The van der Waals surface area contributed by atoms with Crippen LogP contribution in [0.1, 0.15) is 43.5 Å². The van der Waals surface area contributed by atoms with Crippen molar-refractivity contribution in [1.82, 2.24) is 10.2 Å². The number of piperidine rings is 1. The van der Waals surface area contributed by atoms with Gasteiger partial charge < -0.3 is 15.3 Å². The highest BCUT2D eigenvalue weighted by Gasteiger charge is 2.24. The van der Waals surface area contributed by atoms with Gasteiger partial charge in [0.05, 0.1) is 10.6 Å². The van der Waals surface area contributed by atoms with Gasteiger partial charge in [0.2, 0.25) is 5.91 Å². The lowest BCUT2D eigenvalue weighted by Crippen LogP contribution is -2.41. The van der Waals surface area contributed by atoms with Crippen LogP contribution in [-0.4, -0.2) is 41.5 Å². The van der Waals surface area contributed by atoms with Crippen molar-refractivity contribution in [3.8, 4) is 5.75 Å². The first kappa shape index (κ1) is 19.9. The van der Waals surface area contributed by atoms with Crippen LogP contribution in [0.3, 0.4) is 0 Å². The molecule has 1 saturated heterocycles. The number of phenolic OH excluding ortho intramolecular Hbond substituents is 1. The molecule has 1 fully saturated rings. The molecule has 1 aliphatic rings. The van der Waals surface area contributed by atoms with Crippen molar-refractivity contribution < 1.29 is 14.7 Å². The van der Waals surface area contributed by atoms with E-state index in [4.69, 9.17) is 23.2 Å². The lowest BCUT2D eigenvalue weighted by Gasteiger charge is -2.32. The Morgan fingerprint density at radius 2 is 1.92 bits per heavy atom. The van der Waals surface area contributed by atoms with Crippen LogP contribution in [0.25, 0.3) is 0 Å². The minimum Gasteiger partial charge on any atom is -0.506 e. The van der Waals surface area contributed by atoms with Crippen molar-refractivity contribution in [3.05, 3.63) is 27.7 Å². The van der Waals surface area contributed by atoms with Crippen LogP contribution in [0.15, 0.2) is 12.1 Å². The Balaban J connectivity index is 1.83. The molecule has 1 aliphatic heterocycles. The molecule has 5 nitrogen and oxygen atoms in total. The Labute approximate surface area is 158 Å². The van der Waals surface area contributed by atoms with Crippen molar-refractivity contribution in [1.29, 1.82) is 0 Å². The zero-order valence-corrected chi connectivity index (χ0v) is 16.0. The number of carbonyl (C=O) groups is 2. The predicted molar refractivity (Wildman–Crippen MR) is 99.2 cm³/mol. The zero-order chi connectivity index (χ0) is 18.6. The number of rotatable bonds is 5. The number of phenols is 1. The summed E-state index contributed by atoms with van der Waals surface area (Å²) >= 11 is 11.7. The summed E-state index contributed by atoms with van der Waals surface area (Å²) in [6, 6.07) is 2.78. The molecular formula is C18H24Cl2N2O3. The zero-order valence-electron chi connectivity index (χ0n) is 14.5. The van der Waals surface area contributed by atoms with Gasteiger partial charge in [-0.1, -0.05) is 37.0 Å². The number of carbonyl (C=O) groups excluding carboxylic acids is 2. The second-order valence-corrected chi connectivity index (χ2v) is 7.76. The third-order valence-electron chi connectivity index (χ3n) is 4.37. The summed E-state index contributed by atoms with van der Waals surface area (Å²) in [5.74, 6) is 0.208. The largest absolute Gasteiger partial charge is 0.506 e. The highest BCUT2D eigenvalue weighted by molar-refractivity contribution is 6.36. The van der Waals surface area contributed by atoms with E-state index in [0.29, 0.717) is 29.8 Å². The Hall–Kier alpha value is -1.46. The Morgan fingerprint density at radius 1 is 1.28 bits per heavy atom. The molecule has 25 heavy (non-hydrogen) atoms. The number of aromatic hydroxyl groups is 1. The molecular weight excluding hydrogens is 363 g/mol. The minimum atomic E-state index is -0.403. The van der Waals surface area contributed by atoms with Crippen LogP contribution in [0.2, 0.25) is 10.0 Å². The van der Waals surface area contributed by atoms with Crippen molar-refractivity contribution in [2.75, 3.05) is 19.6 Å². The van der Waals surface area contributed by atoms with E-state index in [2.05, 4.69) is 5.32 Å². The van der Waals surface area contributed by atoms with E-state index in [1.54, 1.807) is 0 Å². The summed E-state index contributed by atoms with van der Waals surface area (Å²) in [5.41, 5.74) is 0.0713. The van der Waals surface area contributed by atoms with Gasteiger partial charge in [-0.05, 0) is 36.8 Å². The average molecular weight is 387 g/mol. The van der Waals surface area contributed by atoms with Crippen LogP contribution in [0, 0.1) is 11.8 Å². The topological polar surface area (TPSA) is 69.6 Å². The molecule has 0 aromatic heterocycles. The van der Waals surface area contributed by atoms with Gasteiger partial charge in [0.1, 0.15) is 5.75 Å². The third-order valence-corrected chi connectivity index (χ3v) is 4.88. The number of amides is 2. The van der Waals surface area contributed by atoms with Crippen LogP contribution < -0.4 is 5.32 Å². The maximum Gasteiger partial charge on any atom is 0.255 e. The van der Waals surface area contributed by atoms with Gasteiger partial charge in [0, 0.05) is 31.1 Å². The maximum atomic E-state index is 12.3. The minimum absolute atomic E-state index is 0.0506. The second-order valence-electron chi connectivity index (χ2n) is 6.92. The van der Waals surface area contributed by atoms with Crippen LogP contribution in [0.5, 0.6) is 5.75 Å². The Morgan fingerprint density at radius 3 is 2.52 bits per heavy atom. The van der Waals surface area contributed by atoms with Crippen molar-refractivity contribution in [2.24, 2.45) is 11.8 Å². The molecule has 1 aromatic carbocycles. The van der Waals surface area contributed by atoms with Gasteiger partial charge in [0.15, 0.2) is 0 Å². The van der Waals surface area contributed by atoms with E-state index in [1.165, 1.54) is 12.1 Å². The third kappa shape index (κ3) is 5.51. The summed E-state index contributed by atoms with van der Waals surface area (Å²) in [7, 11) is 0. The molecule has 2 N–H and O–H groups in total. The van der Waals surface area contributed by atoms with Crippen LogP contribution in [-0.2, 0) is 4.79 Å². The van der Waals surface area contributed by atoms with Gasteiger partial charge >= 0.3 is 0 Å². The smallest absolute Gasteiger partial charge is 0.255 e. The van der Waals surface area contributed by atoms with E-state index >= 15 is 0 Å². The number of halogens is 2. The average Bonchev–Trinajstić information content (AvgIpc) is 2.55. The van der Waals surface area contributed by atoms with Crippen molar-refractivity contribution in [2.45, 2.75) is 33.1 Å². The molecule has 1 heterocycles. The SMILES string of the molecule is CC(C)CC(=O)N1CCC(CNC(=O)c2cc(Cl)cc(Cl)c2O)CC1. The summed E-state index contributed by atoms with van der Waals surface area (Å²) in [4.78, 5) is 26.2. The van der Waals surface area contributed by atoms with Gasteiger partial charge in [-0.2, -0.15) is 0 Å². The molecule has 0 bridgehead atoms. The first-order valence-corrected chi connectivity index (χ1v) is 9.27. The normalized spacial score (nSPS) is 15.5. The Bertz CT molecular complexity index is 641. The lowest BCUT2D eigenvalue weighted by atomic mass is 9.96. The molecule has 0 spiro atoms. The van der Waals surface area contributed by atoms with Gasteiger partial charge in [0.25, 0.3) is 5.91 Å². The molecule has 0 saturated carbocycles. The maximum absolute atomic E-state index is 12.3. The summed E-state index contributed by atoms with van der Waals surface area (Å²) in [6.45, 7) is 6.02. The highest BCUT2D eigenvalue weighted by Crippen LogP contribution is 2.31. The molecule has 0 atom stereocenters. The standard InChI is InChI=1S/C18H24Cl2N2O3/c1-11(2)7-16(23)22-5-3-12(4-6-22)10-21-18(25)14-8-13(19)9-15(20)17(14)24/h8-9,11-12,24H,3-7,10H2,1-2H3,(H,21,25). The molecule has 138 valence electrons. The first-order valence-electron chi connectivity index (χ1n) is 8.52. The molecule has 7 heteroatoms. The van der Waals surface area contributed by atoms with Crippen molar-refractivity contribution in [3.63, 3.8) is 0 Å². The van der Waals surface area contributed by atoms with E-state index < -0.39 is 5.91 Å². The number of hydrogen-bond donors (Lipinski definition) is 2. The predicted octanol–water partition coefficient (Wildman–Crippen LogP) is 3.71. The molecule has 0 radical (unpaired) electrons. The quantitative estimate of drug-likeness (QED) is 0.809. The van der Waals surface area contributed by atoms with Crippen molar-refractivity contribution >= 4 is 35.0 Å².